The summed E-state index contributed by atoms with van der Waals surface area (Å²) in [5, 5.41) is 0.988. The van der Waals surface area contributed by atoms with E-state index in [0.29, 0.717) is 10.9 Å². The molecule has 0 aliphatic heterocycles. The fourth-order valence-electron chi connectivity index (χ4n) is 2.94. The Kier molecular flexibility index (Phi) is 2.65. The molecular weight excluding hydrogens is 254 g/mol. The molecule has 0 fully saturated rings. The molecule has 0 bridgehead atoms. The zero-order valence-corrected chi connectivity index (χ0v) is 12.3. The molecule has 98 valence electrons. The van der Waals surface area contributed by atoms with E-state index in [4.69, 9.17) is 12.2 Å². The van der Waals surface area contributed by atoms with E-state index in [-0.39, 0.29) is 11.2 Å². The minimum atomic E-state index is 0.0146. The van der Waals surface area contributed by atoms with Gasteiger partial charge in [-0.15, -0.1) is 0 Å². The number of aryl methyl sites for hydroxylation is 1. The van der Waals surface area contributed by atoms with Gasteiger partial charge in [-0.2, -0.15) is 0 Å². The van der Waals surface area contributed by atoms with E-state index >= 15 is 0 Å². The smallest absolute Gasteiger partial charge is 0.166 e. The number of H-pyrrole nitrogens is 1. The highest BCUT2D eigenvalue weighted by Gasteiger charge is 2.32. The van der Waals surface area contributed by atoms with Crippen LogP contribution in [0.15, 0.2) is 18.2 Å². The molecule has 3 rings (SSSR count). The molecule has 19 heavy (non-hydrogen) atoms. The van der Waals surface area contributed by atoms with Gasteiger partial charge in [-0.05, 0) is 30.9 Å². The highest BCUT2D eigenvalue weighted by atomic mass is 32.1. The van der Waals surface area contributed by atoms with Crippen LogP contribution in [0.4, 0.5) is 0 Å². The van der Waals surface area contributed by atoms with Crippen LogP contribution in [-0.2, 0) is 6.42 Å². The molecule has 0 radical (unpaired) electrons. The number of aromatic amines is 1. The van der Waals surface area contributed by atoms with E-state index in [1.165, 1.54) is 0 Å². The van der Waals surface area contributed by atoms with Gasteiger partial charge in [0, 0.05) is 23.0 Å². The fraction of sp³-hybridized carbons (Fsp3) is 0.375. The van der Waals surface area contributed by atoms with Crippen molar-refractivity contribution in [3.63, 3.8) is 0 Å². The quantitative estimate of drug-likeness (QED) is 0.722. The second-order valence-corrected chi connectivity index (χ2v) is 6.71. The predicted molar refractivity (Wildman–Crippen MR) is 80.3 cm³/mol. The van der Waals surface area contributed by atoms with Crippen LogP contribution in [0, 0.1) is 16.8 Å². The molecule has 1 aliphatic rings. The van der Waals surface area contributed by atoms with Crippen molar-refractivity contribution in [2.24, 2.45) is 5.41 Å². The molecule has 0 atom stereocenters. The van der Waals surface area contributed by atoms with Gasteiger partial charge in [-0.3, -0.25) is 4.79 Å². The maximum absolute atomic E-state index is 12.4. The van der Waals surface area contributed by atoms with E-state index in [2.05, 4.69) is 31.0 Å². The van der Waals surface area contributed by atoms with Crippen LogP contribution in [0.2, 0.25) is 0 Å². The van der Waals surface area contributed by atoms with Gasteiger partial charge < -0.3 is 4.98 Å². The van der Waals surface area contributed by atoms with Crippen molar-refractivity contribution in [2.75, 3.05) is 0 Å². The van der Waals surface area contributed by atoms with Crippen LogP contribution in [0.3, 0.4) is 0 Å². The Balaban J connectivity index is 2.37. The highest BCUT2D eigenvalue weighted by Crippen LogP contribution is 2.36. The van der Waals surface area contributed by atoms with Crippen LogP contribution in [0.25, 0.3) is 10.9 Å². The van der Waals surface area contributed by atoms with Gasteiger partial charge in [0.1, 0.15) is 0 Å². The third-order valence-electron chi connectivity index (χ3n) is 3.81. The predicted octanol–water partition coefficient (Wildman–Crippen LogP) is 4.36. The number of ketones is 1. The number of Topliss-reactive ketones (excluding diaryl/α,β-unsaturated/α-hetero) is 1. The third-order valence-corrected chi connectivity index (χ3v) is 4.23. The van der Waals surface area contributed by atoms with Crippen LogP contribution in [0.5, 0.6) is 0 Å². The van der Waals surface area contributed by atoms with Gasteiger partial charge in [0.05, 0.1) is 10.1 Å². The molecule has 3 heteroatoms. The number of hydrogen-bond donors (Lipinski definition) is 1. The first-order chi connectivity index (χ1) is 8.87. The maximum Gasteiger partial charge on any atom is 0.166 e. The number of rotatable bonds is 0. The van der Waals surface area contributed by atoms with Gasteiger partial charge in [-0.1, -0.05) is 37.7 Å². The average Bonchev–Trinajstić information content (AvgIpc) is 2.28. The summed E-state index contributed by atoms with van der Waals surface area (Å²) in [5.74, 6) is 0.177. The van der Waals surface area contributed by atoms with E-state index in [1.54, 1.807) is 0 Å². The van der Waals surface area contributed by atoms with E-state index in [0.717, 1.165) is 34.1 Å². The van der Waals surface area contributed by atoms with Gasteiger partial charge in [0.2, 0.25) is 0 Å². The van der Waals surface area contributed by atoms with Gasteiger partial charge >= 0.3 is 0 Å². The van der Waals surface area contributed by atoms with E-state index in [9.17, 15) is 4.79 Å². The Morgan fingerprint density at radius 3 is 2.74 bits per heavy atom. The molecule has 0 saturated carbocycles. The lowest BCUT2D eigenvalue weighted by Gasteiger charge is -2.30. The molecule has 1 N–H and O–H groups in total. The molecule has 0 saturated heterocycles. The highest BCUT2D eigenvalue weighted by molar-refractivity contribution is 7.71. The minimum absolute atomic E-state index is 0.0146. The summed E-state index contributed by atoms with van der Waals surface area (Å²) in [6.45, 7) is 6.30. The first-order valence-corrected chi connectivity index (χ1v) is 6.97. The lowest BCUT2D eigenvalue weighted by atomic mass is 9.75. The first kappa shape index (κ1) is 12.5. The summed E-state index contributed by atoms with van der Waals surface area (Å²) >= 11 is 5.55. The number of benzene rings is 1. The molecule has 2 nitrogen and oxygen atoms in total. The Bertz CT molecular complexity index is 755. The normalized spacial score (nSPS) is 17.5. The van der Waals surface area contributed by atoms with Crippen LogP contribution < -0.4 is 0 Å². The molecule has 0 spiro atoms. The monoisotopic (exact) mass is 271 g/mol. The van der Waals surface area contributed by atoms with Crippen LogP contribution >= 0.6 is 12.2 Å². The van der Waals surface area contributed by atoms with Crippen molar-refractivity contribution in [1.82, 2.24) is 4.98 Å². The Labute approximate surface area is 117 Å². The lowest BCUT2D eigenvalue weighted by molar-refractivity contribution is 0.0910. The van der Waals surface area contributed by atoms with Crippen molar-refractivity contribution in [3.05, 3.63) is 39.5 Å². The van der Waals surface area contributed by atoms with Crippen LogP contribution in [-0.4, -0.2) is 10.8 Å². The summed E-state index contributed by atoms with van der Waals surface area (Å²) in [5.41, 5.74) is 3.95. The Morgan fingerprint density at radius 1 is 1.26 bits per heavy atom. The number of aromatic nitrogens is 1. The molecule has 1 aromatic carbocycles. The summed E-state index contributed by atoms with van der Waals surface area (Å²) in [4.78, 5) is 15.8. The number of hydrogen-bond acceptors (Lipinski definition) is 2. The van der Waals surface area contributed by atoms with Crippen LogP contribution in [0.1, 0.15) is 41.9 Å². The largest absolute Gasteiger partial charge is 0.358 e. The summed E-state index contributed by atoms with van der Waals surface area (Å²) in [6.07, 6.45) is 1.45. The van der Waals surface area contributed by atoms with Gasteiger partial charge in [0.25, 0.3) is 0 Å². The minimum Gasteiger partial charge on any atom is -0.358 e. The van der Waals surface area contributed by atoms with Gasteiger partial charge in [0.15, 0.2) is 5.78 Å². The fourth-order valence-corrected chi connectivity index (χ4v) is 3.35. The van der Waals surface area contributed by atoms with Crippen molar-refractivity contribution in [3.8, 4) is 0 Å². The zero-order chi connectivity index (χ0) is 13.8. The van der Waals surface area contributed by atoms with Crippen molar-refractivity contribution in [2.45, 2.75) is 33.6 Å². The lowest BCUT2D eigenvalue weighted by Crippen LogP contribution is -2.28. The zero-order valence-electron chi connectivity index (χ0n) is 11.5. The SMILES string of the molecule is Cc1ccc2[nH]c3c(c(=S)c2c1)C(=O)CC(C)(C)C3. The molecule has 1 aromatic heterocycles. The molecule has 2 aromatic rings. The molecular formula is C16H17NOS. The summed E-state index contributed by atoms with van der Waals surface area (Å²) in [7, 11) is 0. The number of fused-ring (bicyclic) bond motifs is 2. The molecule has 0 unspecified atom stereocenters. The molecule has 0 amide bonds. The number of carbonyl (C=O) groups is 1. The van der Waals surface area contributed by atoms with E-state index in [1.807, 2.05) is 13.0 Å². The van der Waals surface area contributed by atoms with Gasteiger partial charge in [-0.25, -0.2) is 0 Å². The standard InChI is InChI=1S/C16H17NOS/c1-9-4-5-11-10(6-9)15(19)14-12(17-11)7-16(2,3)8-13(14)18/h4-6H,7-8H2,1-3H3,(H,17,19). The second-order valence-electron chi connectivity index (χ2n) is 6.30. The Hall–Kier alpha value is -1.48. The number of carbonyl (C=O) groups excluding carboxylic acids is 1. The van der Waals surface area contributed by atoms with Crippen molar-refractivity contribution < 1.29 is 4.79 Å². The van der Waals surface area contributed by atoms with Crippen molar-refractivity contribution >= 4 is 28.9 Å². The third kappa shape index (κ3) is 2.02. The summed E-state index contributed by atoms with van der Waals surface area (Å²) < 4.78 is 0.716. The van der Waals surface area contributed by atoms with E-state index < -0.39 is 0 Å². The maximum atomic E-state index is 12.4. The topological polar surface area (TPSA) is 32.9 Å². The Morgan fingerprint density at radius 2 is 2.00 bits per heavy atom. The molecule has 1 heterocycles. The second kappa shape index (κ2) is 4.01. The average molecular weight is 271 g/mol. The first-order valence-electron chi connectivity index (χ1n) is 6.56. The number of pyridine rings is 1. The van der Waals surface area contributed by atoms with Crippen molar-refractivity contribution in [1.29, 1.82) is 0 Å². The molecule has 1 aliphatic carbocycles. The number of nitrogens with one attached hydrogen (secondary N) is 1. The summed E-state index contributed by atoms with van der Waals surface area (Å²) in [6, 6.07) is 6.17.